The zero-order chi connectivity index (χ0) is 11.2. The lowest BCUT2D eigenvalue weighted by atomic mass is 9.94. The van der Waals surface area contributed by atoms with Gasteiger partial charge in [-0.1, -0.05) is 25.8 Å². The van der Waals surface area contributed by atoms with E-state index in [1.165, 1.54) is 38.5 Å². The zero-order valence-corrected chi connectivity index (χ0v) is 11.1. The van der Waals surface area contributed by atoms with Gasteiger partial charge in [-0.3, -0.25) is 0 Å². The Balaban J connectivity index is 1.82. The van der Waals surface area contributed by atoms with Crippen LogP contribution in [0.1, 0.15) is 43.9 Å². The van der Waals surface area contributed by atoms with Gasteiger partial charge >= 0.3 is 0 Å². The Bertz CT molecular complexity index is 275. The minimum Gasteiger partial charge on any atom is -0.314 e. The lowest BCUT2D eigenvalue weighted by Gasteiger charge is -2.24. The molecule has 0 spiro atoms. The van der Waals surface area contributed by atoms with Crippen molar-refractivity contribution < 1.29 is 0 Å². The van der Waals surface area contributed by atoms with Crippen molar-refractivity contribution >= 4 is 11.3 Å². The molecular weight excluding hydrogens is 214 g/mol. The minimum atomic E-state index is 0.759. The topological polar surface area (TPSA) is 12.0 Å². The smallest absolute Gasteiger partial charge is 0.00986 e. The molecule has 0 aliphatic heterocycles. The molecule has 0 amide bonds. The Labute approximate surface area is 103 Å². The first kappa shape index (κ1) is 12.1. The van der Waals surface area contributed by atoms with Gasteiger partial charge in [-0.2, -0.15) is 0 Å². The highest BCUT2D eigenvalue weighted by molar-refractivity contribution is 7.09. The highest BCUT2D eigenvalue weighted by Crippen LogP contribution is 2.29. The average molecular weight is 237 g/mol. The van der Waals surface area contributed by atoms with Crippen LogP contribution >= 0.6 is 11.3 Å². The van der Waals surface area contributed by atoms with E-state index in [9.17, 15) is 0 Å². The van der Waals surface area contributed by atoms with Crippen LogP contribution in [-0.4, -0.2) is 12.6 Å². The molecule has 1 saturated carbocycles. The van der Waals surface area contributed by atoms with Crippen LogP contribution in [0.25, 0.3) is 0 Å². The molecule has 1 aromatic heterocycles. The summed E-state index contributed by atoms with van der Waals surface area (Å²) < 4.78 is 0. The molecule has 16 heavy (non-hydrogen) atoms. The molecule has 90 valence electrons. The highest BCUT2D eigenvalue weighted by atomic mass is 32.1. The Morgan fingerprint density at radius 1 is 1.44 bits per heavy atom. The monoisotopic (exact) mass is 237 g/mol. The Kier molecular flexibility index (Phi) is 4.86. The Morgan fingerprint density at radius 2 is 2.25 bits per heavy atom. The normalized spacial score (nSPS) is 19.1. The molecule has 0 radical (unpaired) electrons. The minimum absolute atomic E-state index is 0.759. The molecule has 2 heteroatoms. The van der Waals surface area contributed by atoms with Gasteiger partial charge in [-0.05, 0) is 49.6 Å². The summed E-state index contributed by atoms with van der Waals surface area (Å²) in [5.41, 5.74) is 0. The summed E-state index contributed by atoms with van der Waals surface area (Å²) in [6.07, 6.45) is 8.37. The van der Waals surface area contributed by atoms with E-state index < -0.39 is 0 Å². The third-order valence-corrected chi connectivity index (χ3v) is 4.65. The second kappa shape index (κ2) is 6.41. The van der Waals surface area contributed by atoms with Crippen molar-refractivity contribution in [2.45, 2.75) is 51.5 Å². The molecule has 1 aliphatic carbocycles. The van der Waals surface area contributed by atoms with Crippen LogP contribution in [0.15, 0.2) is 17.5 Å². The predicted molar refractivity (Wildman–Crippen MR) is 72.1 cm³/mol. The van der Waals surface area contributed by atoms with E-state index in [-0.39, 0.29) is 0 Å². The van der Waals surface area contributed by atoms with Crippen LogP contribution < -0.4 is 5.32 Å². The zero-order valence-electron chi connectivity index (χ0n) is 10.2. The largest absolute Gasteiger partial charge is 0.314 e. The van der Waals surface area contributed by atoms with Crippen LogP contribution in [0.2, 0.25) is 0 Å². The predicted octanol–water partition coefficient (Wildman–Crippen LogP) is 3.85. The second-order valence-corrected chi connectivity index (χ2v) is 5.86. The lowest BCUT2D eigenvalue weighted by molar-refractivity contribution is 0.346. The van der Waals surface area contributed by atoms with E-state index >= 15 is 0 Å². The molecule has 0 saturated heterocycles. The Hall–Kier alpha value is -0.340. The first-order valence-corrected chi connectivity index (χ1v) is 7.54. The molecule has 1 N–H and O–H groups in total. The summed E-state index contributed by atoms with van der Waals surface area (Å²) in [5.74, 6) is 0.944. The molecule has 1 aliphatic rings. The van der Waals surface area contributed by atoms with Gasteiger partial charge in [0.05, 0.1) is 0 Å². The van der Waals surface area contributed by atoms with Gasteiger partial charge in [0.1, 0.15) is 0 Å². The van der Waals surface area contributed by atoms with Crippen molar-refractivity contribution in [3.05, 3.63) is 22.4 Å². The summed E-state index contributed by atoms with van der Waals surface area (Å²) in [4.78, 5) is 1.54. The number of thiophene rings is 1. The molecule has 1 aromatic rings. The maximum absolute atomic E-state index is 3.69. The fraction of sp³-hybridized carbons (Fsp3) is 0.714. The lowest BCUT2D eigenvalue weighted by Crippen LogP contribution is -2.35. The van der Waals surface area contributed by atoms with Crippen molar-refractivity contribution in [1.29, 1.82) is 0 Å². The number of nitrogens with one attached hydrogen (secondary N) is 1. The SMILES string of the molecule is CCNC(CCc1cccs1)C1CCCC1. The summed E-state index contributed by atoms with van der Waals surface area (Å²) in [6, 6.07) is 5.19. The summed E-state index contributed by atoms with van der Waals surface area (Å²) in [6.45, 7) is 3.35. The van der Waals surface area contributed by atoms with Gasteiger partial charge in [0, 0.05) is 10.9 Å². The molecule has 1 heterocycles. The summed E-state index contributed by atoms with van der Waals surface area (Å²) in [5, 5.41) is 5.88. The van der Waals surface area contributed by atoms with Gasteiger partial charge in [0.2, 0.25) is 0 Å². The second-order valence-electron chi connectivity index (χ2n) is 4.83. The molecule has 2 rings (SSSR count). The number of aryl methyl sites for hydroxylation is 1. The average Bonchev–Trinajstić information content (AvgIpc) is 2.96. The first-order valence-electron chi connectivity index (χ1n) is 6.66. The van der Waals surface area contributed by atoms with E-state index in [0.717, 1.165) is 18.5 Å². The van der Waals surface area contributed by atoms with Crippen molar-refractivity contribution in [1.82, 2.24) is 5.32 Å². The fourth-order valence-corrected chi connectivity index (χ4v) is 3.60. The van der Waals surface area contributed by atoms with E-state index in [1.54, 1.807) is 4.88 Å². The van der Waals surface area contributed by atoms with Crippen LogP contribution in [0.3, 0.4) is 0 Å². The maximum Gasteiger partial charge on any atom is 0.00986 e. The third kappa shape index (κ3) is 3.33. The third-order valence-electron chi connectivity index (χ3n) is 3.72. The number of rotatable bonds is 6. The van der Waals surface area contributed by atoms with Crippen LogP contribution in [0.5, 0.6) is 0 Å². The van der Waals surface area contributed by atoms with Gasteiger partial charge in [-0.15, -0.1) is 11.3 Å². The van der Waals surface area contributed by atoms with E-state index in [1.807, 2.05) is 11.3 Å². The molecular formula is C14H23NS. The molecule has 1 fully saturated rings. The van der Waals surface area contributed by atoms with E-state index in [0.29, 0.717) is 0 Å². The molecule has 0 bridgehead atoms. The van der Waals surface area contributed by atoms with E-state index in [2.05, 4.69) is 29.8 Å². The molecule has 1 atom stereocenters. The standard InChI is InChI=1S/C14H23NS/c1-2-15-14(12-6-3-4-7-12)10-9-13-8-5-11-16-13/h5,8,11-12,14-15H,2-4,6-7,9-10H2,1H3. The highest BCUT2D eigenvalue weighted by Gasteiger charge is 2.23. The van der Waals surface area contributed by atoms with Crippen LogP contribution in [0, 0.1) is 5.92 Å². The van der Waals surface area contributed by atoms with Crippen molar-refractivity contribution in [2.75, 3.05) is 6.54 Å². The fourth-order valence-electron chi connectivity index (χ4n) is 2.88. The quantitative estimate of drug-likeness (QED) is 0.792. The maximum atomic E-state index is 3.69. The van der Waals surface area contributed by atoms with Crippen molar-refractivity contribution in [2.24, 2.45) is 5.92 Å². The molecule has 1 nitrogen and oxygen atoms in total. The Morgan fingerprint density at radius 3 is 2.88 bits per heavy atom. The van der Waals surface area contributed by atoms with E-state index in [4.69, 9.17) is 0 Å². The first-order chi connectivity index (χ1) is 7.90. The van der Waals surface area contributed by atoms with Gasteiger partial charge in [-0.25, -0.2) is 0 Å². The van der Waals surface area contributed by atoms with Gasteiger partial charge < -0.3 is 5.32 Å². The van der Waals surface area contributed by atoms with Crippen molar-refractivity contribution in [3.63, 3.8) is 0 Å². The molecule has 0 aromatic carbocycles. The van der Waals surface area contributed by atoms with Crippen LogP contribution in [0.4, 0.5) is 0 Å². The molecule has 1 unspecified atom stereocenters. The number of hydrogen-bond donors (Lipinski definition) is 1. The van der Waals surface area contributed by atoms with Gasteiger partial charge in [0.25, 0.3) is 0 Å². The van der Waals surface area contributed by atoms with Crippen molar-refractivity contribution in [3.8, 4) is 0 Å². The summed E-state index contributed by atoms with van der Waals surface area (Å²) >= 11 is 1.90. The van der Waals surface area contributed by atoms with Crippen LogP contribution in [-0.2, 0) is 6.42 Å². The van der Waals surface area contributed by atoms with Gasteiger partial charge in [0.15, 0.2) is 0 Å². The summed E-state index contributed by atoms with van der Waals surface area (Å²) in [7, 11) is 0. The number of hydrogen-bond acceptors (Lipinski definition) is 2.